The van der Waals surface area contributed by atoms with Crippen molar-refractivity contribution in [3.05, 3.63) is 59.9 Å². The second-order valence-corrected chi connectivity index (χ2v) is 5.76. The molecule has 0 fully saturated rings. The first-order chi connectivity index (χ1) is 11.7. The van der Waals surface area contributed by atoms with Gasteiger partial charge in [0.25, 0.3) is 5.91 Å². The highest BCUT2D eigenvalue weighted by Gasteiger charge is 2.05. The Morgan fingerprint density at radius 3 is 2.83 bits per heavy atom. The Labute approximate surface area is 145 Å². The molecule has 0 spiro atoms. The number of carbonyl (C=O) groups excluding carboxylic acids is 1. The summed E-state index contributed by atoms with van der Waals surface area (Å²) in [5.41, 5.74) is 2.08. The molecule has 0 bridgehead atoms. The van der Waals surface area contributed by atoms with Gasteiger partial charge in [-0.15, -0.1) is 0 Å². The van der Waals surface area contributed by atoms with Crippen molar-refractivity contribution in [3.63, 3.8) is 0 Å². The molecule has 0 atom stereocenters. The number of nitrogens with one attached hydrogen (secondary N) is 1. The molecule has 0 saturated heterocycles. The summed E-state index contributed by atoms with van der Waals surface area (Å²) in [6, 6.07) is 15.1. The largest absolute Gasteiger partial charge is 0.482 e. The lowest BCUT2D eigenvalue weighted by Crippen LogP contribution is -2.30. The molecule has 1 amide bonds. The molecule has 24 heavy (non-hydrogen) atoms. The summed E-state index contributed by atoms with van der Waals surface area (Å²) in [4.78, 5) is 16.1. The van der Waals surface area contributed by atoms with Crippen molar-refractivity contribution in [2.75, 3.05) is 13.2 Å². The Balaban J connectivity index is 1.40. The van der Waals surface area contributed by atoms with Crippen LogP contribution in [0.25, 0.3) is 11.0 Å². The van der Waals surface area contributed by atoms with Gasteiger partial charge in [-0.1, -0.05) is 35.9 Å². The predicted molar refractivity (Wildman–Crippen MR) is 94.3 cm³/mol. The van der Waals surface area contributed by atoms with Crippen LogP contribution in [0.5, 0.6) is 5.75 Å². The first-order valence-electron chi connectivity index (χ1n) is 7.78. The smallest absolute Gasteiger partial charge is 0.257 e. The van der Waals surface area contributed by atoms with E-state index in [1.165, 1.54) is 0 Å². The maximum absolute atomic E-state index is 11.8. The third kappa shape index (κ3) is 4.06. The lowest BCUT2D eigenvalue weighted by Gasteiger charge is -2.09. The fraction of sp³-hybridized carbons (Fsp3) is 0.222. The molecule has 1 aromatic heterocycles. The van der Waals surface area contributed by atoms with Crippen LogP contribution in [0.2, 0.25) is 5.02 Å². The molecular formula is C18H18ClN3O2. The molecule has 0 radical (unpaired) electrons. The number of aryl methyl sites for hydroxylation is 1. The molecule has 0 aliphatic carbocycles. The second-order valence-electron chi connectivity index (χ2n) is 5.35. The monoisotopic (exact) mass is 343 g/mol. The molecule has 0 saturated carbocycles. The van der Waals surface area contributed by atoms with E-state index in [9.17, 15) is 4.79 Å². The number of hydrogen-bond donors (Lipinski definition) is 1. The fourth-order valence-corrected chi connectivity index (χ4v) is 2.61. The highest BCUT2D eigenvalue weighted by atomic mass is 35.5. The number of fused-ring (bicyclic) bond motifs is 1. The molecule has 1 heterocycles. The predicted octanol–water partition coefficient (Wildman–Crippen LogP) is 3.28. The van der Waals surface area contributed by atoms with Crippen LogP contribution in [-0.2, 0) is 11.3 Å². The van der Waals surface area contributed by atoms with E-state index >= 15 is 0 Å². The van der Waals surface area contributed by atoms with Crippen LogP contribution in [0.1, 0.15) is 6.42 Å². The molecule has 0 aliphatic rings. The van der Waals surface area contributed by atoms with Gasteiger partial charge in [0.15, 0.2) is 6.61 Å². The number of carbonyl (C=O) groups is 1. The molecule has 2 aromatic carbocycles. The van der Waals surface area contributed by atoms with Gasteiger partial charge in [-0.25, -0.2) is 4.98 Å². The summed E-state index contributed by atoms with van der Waals surface area (Å²) < 4.78 is 7.49. The van der Waals surface area contributed by atoms with Gasteiger partial charge in [0.1, 0.15) is 5.75 Å². The van der Waals surface area contributed by atoms with E-state index in [1.807, 2.05) is 42.7 Å². The number of hydrogen-bond acceptors (Lipinski definition) is 3. The van der Waals surface area contributed by atoms with Crippen LogP contribution < -0.4 is 10.1 Å². The molecule has 6 heteroatoms. The summed E-state index contributed by atoms with van der Waals surface area (Å²) in [7, 11) is 0. The Morgan fingerprint density at radius 1 is 1.17 bits per heavy atom. The standard InChI is InChI=1S/C18H18ClN3O2/c19-14-6-1-4-9-17(14)24-12-18(23)20-10-5-11-22-13-21-15-7-2-3-8-16(15)22/h1-4,6-9,13H,5,10-12H2,(H,20,23). The topological polar surface area (TPSA) is 56.1 Å². The number of imidazole rings is 1. The Hall–Kier alpha value is -2.53. The Bertz CT molecular complexity index is 832. The zero-order chi connectivity index (χ0) is 16.8. The normalized spacial score (nSPS) is 10.7. The summed E-state index contributed by atoms with van der Waals surface area (Å²) in [6.07, 6.45) is 2.64. The van der Waals surface area contributed by atoms with Gasteiger partial charge in [0.2, 0.25) is 0 Å². The average molecular weight is 344 g/mol. The van der Waals surface area contributed by atoms with E-state index in [0.29, 0.717) is 17.3 Å². The van der Waals surface area contributed by atoms with E-state index in [4.69, 9.17) is 16.3 Å². The van der Waals surface area contributed by atoms with E-state index in [1.54, 1.807) is 12.1 Å². The summed E-state index contributed by atoms with van der Waals surface area (Å²) in [6.45, 7) is 1.33. The van der Waals surface area contributed by atoms with Crippen LogP contribution in [0, 0.1) is 0 Å². The summed E-state index contributed by atoms with van der Waals surface area (Å²) in [5.74, 6) is 0.351. The SMILES string of the molecule is O=C(COc1ccccc1Cl)NCCCn1cnc2ccccc21. The van der Waals surface area contributed by atoms with Gasteiger partial charge in [-0.3, -0.25) is 4.79 Å². The third-order valence-electron chi connectivity index (χ3n) is 3.62. The molecule has 0 aliphatic heterocycles. The van der Waals surface area contributed by atoms with Gasteiger partial charge in [-0.2, -0.15) is 0 Å². The molecule has 3 aromatic rings. The van der Waals surface area contributed by atoms with E-state index in [2.05, 4.69) is 14.9 Å². The maximum Gasteiger partial charge on any atom is 0.257 e. The van der Waals surface area contributed by atoms with Gasteiger partial charge in [-0.05, 0) is 30.7 Å². The second kappa shape index (κ2) is 7.84. The summed E-state index contributed by atoms with van der Waals surface area (Å²) in [5, 5.41) is 3.34. The van der Waals surface area contributed by atoms with Crippen molar-refractivity contribution in [2.24, 2.45) is 0 Å². The highest BCUT2D eigenvalue weighted by Crippen LogP contribution is 2.22. The van der Waals surface area contributed by atoms with Gasteiger partial charge >= 0.3 is 0 Å². The van der Waals surface area contributed by atoms with E-state index in [-0.39, 0.29) is 12.5 Å². The van der Waals surface area contributed by atoms with Gasteiger partial charge < -0.3 is 14.6 Å². The van der Waals surface area contributed by atoms with Gasteiger partial charge in [0, 0.05) is 13.1 Å². The van der Waals surface area contributed by atoms with Gasteiger partial charge in [0.05, 0.1) is 22.4 Å². The van der Waals surface area contributed by atoms with Crippen molar-refractivity contribution in [3.8, 4) is 5.75 Å². The number of halogens is 1. The molecule has 124 valence electrons. The number of ether oxygens (including phenoxy) is 1. The van der Waals surface area contributed by atoms with Crippen LogP contribution in [0.4, 0.5) is 0 Å². The minimum atomic E-state index is -0.162. The zero-order valence-electron chi connectivity index (χ0n) is 13.1. The molecule has 0 unspecified atom stereocenters. The molecule has 5 nitrogen and oxygen atoms in total. The number of benzene rings is 2. The van der Waals surface area contributed by atoms with Crippen LogP contribution in [0.3, 0.4) is 0 Å². The Kier molecular flexibility index (Phi) is 5.33. The fourth-order valence-electron chi connectivity index (χ4n) is 2.42. The number of nitrogens with zero attached hydrogens (tertiary/aromatic N) is 2. The lowest BCUT2D eigenvalue weighted by atomic mass is 10.3. The maximum atomic E-state index is 11.8. The molecule has 1 N–H and O–H groups in total. The first kappa shape index (κ1) is 16.3. The minimum Gasteiger partial charge on any atom is -0.482 e. The van der Waals surface area contributed by atoms with E-state index in [0.717, 1.165) is 24.0 Å². The number of amides is 1. The average Bonchev–Trinajstić information content (AvgIpc) is 3.01. The van der Waals surface area contributed by atoms with Crippen molar-refractivity contribution in [2.45, 2.75) is 13.0 Å². The first-order valence-corrected chi connectivity index (χ1v) is 8.16. The van der Waals surface area contributed by atoms with Crippen LogP contribution in [-0.4, -0.2) is 28.6 Å². The van der Waals surface area contributed by atoms with Crippen LogP contribution >= 0.6 is 11.6 Å². The van der Waals surface area contributed by atoms with Crippen molar-refractivity contribution >= 4 is 28.5 Å². The quantitative estimate of drug-likeness (QED) is 0.670. The number of para-hydroxylation sites is 3. The minimum absolute atomic E-state index is 0.0439. The molecular weight excluding hydrogens is 326 g/mol. The highest BCUT2D eigenvalue weighted by molar-refractivity contribution is 6.32. The van der Waals surface area contributed by atoms with E-state index < -0.39 is 0 Å². The number of rotatable bonds is 7. The van der Waals surface area contributed by atoms with Crippen LogP contribution in [0.15, 0.2) is 54.9 Å². The molecule has 3 rings (SSSR count). The zero-order valence-corrected chi connectivity index (χ0v) is 13.9. The van der Waals surface area contributed by atoms with Crippen molar-refractivity contribution < 1.29 is 9.53 Å². The Morgan fingerprint density at radius 2 is 1.96 bits per heavy atom. The third-order valence-corrected chi connectivity index (χ3v) is 3.93. The number of aromatic nitrogens is 2. The van der Waals surface area contributed by atoms with Crippen molar-refractivity contribution in [1.29, 1.82) is 0 Å². The summed E-state index contributed by atoms with van der Waals surface area (Å²) >= 11 is 5.97. The van der Waals surface area contributed by atoms with Crippen molar-refractivity contribution in [1.82, 2.24) is 14.9 Å². The lowest BCUT2D eigenvalue weighted by molar-refractivity contribution is -0.123.